The van der Waals surface area contributed by atoms with Crippen LogP contribution in [0.5, 0.6) is 11.5 Å². The Bertz CT molecular complexity index is 1370. The molecule has 0 bridgehead atoms. The van der Waals surface area contributed by atoms with Gasteiger partial charge in [0.2, 0.25) is 0 Å². The molecule has 0 radical (unpaired) electrons. The van der Waals surface area contributed by atoms with Crippen molar-refractivity contribution in [1.29, 1.82) is 0 Å². The largest absolute Gasteiger partial charge is 1.00 e. The SMILES string of the molecule is Cc1cc(Oc2ccc(Cl)cc2NC(=O)Nc2cccc(C(F)(F)F)c2)cc(S(=O)(=O)O)c1Cl.[Na+]. The van der Waals surface area contributed by atoms with Crippen LogP contribution >= 0.6 is 23.2 Å². The minimum atomic E-state index is -4.65. The zero-order valence-corrected chi connectivity index (χ0v) is 22.4. The van der Waals surface area contributed by atoms with E-state index in [4.69, 9.17) is 27.9 Å². The average molecular weight is 558 g/mol. The number of aryl methyl sites for hydroxylation is 1. The van der Waals surface area contributed by atoms with Crippen LogP contribution in [-0.2, 0) is 16.3 Å². The predicted octanol–water partition coefficient (Wildman–Crippen LogP) is 4.01. The second-order valence-corrected chi connectivity index (χ2v) is 9.13. The number of carbonyl (C=O) groups excluding carboxylic acids is 1. The molecule has 0 aliphatic carbocycles. The van der Waals surface area contributed by atoms with Gasteiger partial charge in [-0.2, -0.15) is 21.6 Å². The minimum Gasteiger partial charge on any atom is -0.455 e. The van der Waals surface area contributed by atoms with Crippen molar-refractivity contribution in [2.75, 3.05) is 10.6 Å². The molecule has 0 saturated heterocycles. The number of benzene rings is 3. The first kappa shape index (κ1) is 29.2. The van der Waals surface area contributed by atoms with Crippen molar-refractivity contribution in [3.63, 3.8) is 0 Å². The second-order valence-electron chi connectivity index (χ2n) is 6.93. The number of ether oxygens (including phenoxy) is 1. The molecule has 0 spiro atoms. The van der Waals surface area contributed by atoms with Crippen LogP contribution in [0.15, 0.2) is 59.5 Å². The molecular weight excluding hydrogens is 543 g/mol. The summed E-state index contributed by atoms with van der Waals surface area (Å²) in [4.78, 5) is 11.8. The Kier molecular flexibility index (Phi) is 9.51. The summed E-state index contributed by atoms with van der Waals surface area (Å²) in [7, 11) is -4.65. The molecular formula is C21H15Cl2F3N2NaO5S+. The number of halogens is 5. The summed E-state index contributed by atoms with van der Waals surface area (Å²) < 4.78 is 76.9. The molecule has 3 rings (SSSR count). The van der Waals surface area contributed by atoms with Crippen molar-refractivity contribution in [3.8, 4) is 11.5 Å². The number of hydrogen-bond acceptors (Lipinski definition) is 4. The molecule has 0 unspecified atom stereocenters. The smallest absolute Gasteiger partial charge is 0.455 e. The van der Waals surface area contributed by atoms with Gasteiger partial charge >= 0.3 is 41.8 Å². The zero-order chi connectivity index (χ0) is 25.3. The van der Waals surface area contributed by atoms with E-state index in [2.05, 4.69) is 10.6 Å². The van der Waals surface area contributed by atoms with E-state index in [1.807, 2.05) is 0 Å². The first-order valence-electron chi connectivity index (χ1n) is 9.24. The van der Waals surface area contributed by atoms with Gasteiger partial charge in [-0.05, 0) is 55.0 Å². The Morgan fingerprint density at radius 3 is 2.34 bits per heavy atom. The van der Waals surface area contributed by atoms with Crippen LogP contribution in [-0.4, -0.2) is 19.0 Å². The fraction of sp³-hybridized carbons (Fsp3) is 0.0952. The van der Waals surface area contributed by atoms with Crippen LogP contribution < -0.4 is 44.9 Å². The van der Waals surface area contributed by atoms with E-state index in [9.17, 15) is 30.9 Å². The number of urea groups is 1. The molecule has 35 heavy (non-hydrogen) atoms. The fourth-order valence-corrected chi connectivity index (χ4v) is 4.05. The average Bonchev–Trinajstić information content (AvgIpc) is 2.71. The summed E-state index contributed by atoms with van der Waals surface area (Å²) >= 11 is 11.9. The molecule has 14 heteroatoms. The number of hydrogen-bond donors (Lipinski definition) is 3. The third-order valence-electron chi connectivity index (χ3n) is 4.34. The Morgan fingerprint density at radius 2 is 1.71 bits per heavy atom. The van der Waals surface area contributed by atoms with Gasteiger partial charge in [0.15, 0.2) is 5.75 Å². The molecule has 0 aliphatic heterocycles. The standard InChI is InChI=1S/C21H15Cl2F3N2O5S.Na/c1-11-7-15(10-18(19(11)23)34(30,31)32)33-17-6-5-13(22)9-16(17)28-20(29)27-14-4-2-3-12(8-14)21(24,25)26;/h2-10H,1H3,(H2,27,28,29)(H,30,31,32);/q;+1. The van der Waals surface area contributed by atoms with Crippen LogP contribution in [0, 0.1) is 6.92 Å². The topological polar surface area (TPSA) is 105 Å². The van der Waals surface area contributed by atoms with E-state index in [-0.39, 0.29) is 68.0 Å². The van der Waals surface area contributed by atoms with Crippen molar-refractivity contribution in [2.45, 2.75) is 18.0 Å². The molecule has 0 atom stereocenters. The molecule has 3 aromatic rings. The molecule has 0 fully saturated rings. The van der Waals surface area contributed by atoms with Crippen molar-refractivity contribution < 1.29 is 65.2 Å². The summed E-state index contributed by atoms with van der Waals surface area (Å²) in [6, 6.07) is 9.66. The molecule has 3 N–H and O–H groups in total. The van der Waals surface area contributed by atoms with E-state index in [0.717, 1.165) is 24.3 Å². The number of amides is 2. The van der Waals surface area contributed by atoms with Crippen LogP contribution in [0.3, 0.4) is 0 Å². The van der Waals surface area contributed by atoms with Gasteiger partial charge in [0.05, 0.1) is 16.3 Å². The summed E-state index contributed by atoms with van der Waals surface area (Å²) in [6.07, 6.45) is -4.58. The van der Waals surface area contributed by atoms with E-state index < -0.39 is 32.8 Å². The van der Waals surface area contributed by atoms with Gasteiger partial charge in [-0.15, -0.1) is 0 Å². The number of alkyl halides is 3. The van der Waals surface area contributed by atoms with Gasteiger partial charge in [0.25, 0.3) is 10.1 Å². The normalized spacial score (nSPS) is 11.4. The molecule has 3 aromatic carbocycles. The molecule has 0 saturated carbocycles. The summed E-state index contributed by atoms with van der Waals surface area (Å²) in [5.41, 5.74) is -0.733. The van der Waals surface area contributed by atoms with Gasteiger partial charge in [0.1, 0.15) is 10.6 Å². The fourth-order valence-electron chi connectivity index (χ4n) is 2.83. The molecule has 0 aromatic heterocycles. The Balaban J connectivity index is 0.00000432. The molecule has 7 nitrogen and oxygen atoms in total. The Labute approximate surface area is 230 Å². The number of carbonyl (C=O) groups is 1. The van der Waals surface area contributed by atoms with Crippen LogP contribution in [0.25, 0.3) is 0 Å². The van der Waals surface area contributed by atoms with E-state index in [1.54, 1.807) is 0 Å². The third-order valence-corrected chi connectivity index (χ3v) is 6.06. The first-order valence-corrected chi connectivity index (χ1v) is 11.4. The van der Waals surface area contributed by atoms with Gasteiger partial charge in [0, 0.05) is 16.8 Å². The van der Waals surface area contributed by atoms with E-state index in [0.29, 0.717) is 0 Å². The summed E-state index contributed by atoms with van der Waals surface area (Å²) in [5.74, 6) is -0.00946. The van der Waals surface area contributed by atoms with E-state index >= 15 is 0 Å². The summed E-state index contributed by atoms with van der Waals surface area (Å²) in [6.45, 7) is 1.49. The van der Waals surface area contributed by atoms with Gasteiger partial charge in [-0.1, -0.05) is 29.3 Å². The Morgan fingerprint density at radius 1 is 1.03 bits per heavy atom. The maximum Gasteiger partial charge on any atom is 1.00 e. The Hall–Kier alpha value is -1.99. The van der Waals surface area contributed by atoms with Crippen molar-refractivity contribution in [3.05, 3.63) is 75.8 Å². The maximum atomic E-state index is 12.9. The predicted molar refractivity (Wildman–Crippen MR) is 122 cm³/mol. The van der Waals surface area contributed by atoms with Gasteiger partial charge < -0.3 is 15.4 Å². The van der Waals surface area contributed by atoms with Gasteiger partial charge in [-0.25, -0.2) is 4.79 Å². The van der Waals surface area contributed by atoms with Crippen LogP contribution in [0.4, 0.5) is 29.3 Å². The van der Waals surface area contributed by atoms with Crippen molar-refractivity contribution in [2.24, 2.45) is 0 Å². The minimum absolute atomic E-state index is 0. The quantitative estimate of drug-likeness (QED) is 0.325. The van der Waals surface area contributed by atoms with Crippen LogP contribution in [0.1, 0.15) is 11.1 Å². The first-order chi connectivity index (χ1) is 15.7. The van der Waals surface area contributed by atoms with Crippen LogP contribution in [0.2, 0.25) is 10.0 Å². The number of nitrogens with one attached hydrogen (secondary N) is 2. The summed E-state index contributed by atoms with van der Waals surface area (Å²) in [5, 5.41) is 4.71. The second kappa shape index (κ2) is 11.4. The third kappa shape index (κ3) is 7.74. The number of rotatable bonds is 5. The van der Waals surface area contributed by atoms with Crippen molar-refractivity contribution >= 4 is 50.7 Å². The van der Waals surface area contributed by atoms with Crippen molar-refractivity contribution in [1.82, 2.24) is 0 Å². The molecule has 180 valence electrons. The monoisotopic (exact) mass is 557 g/mol. The number of anilines is 2. The van der Waals surface area contributed by atoms with E-state index in [1.165, 1.54) is 37.3 Å². The van der Waals surface area contributed by atoms with Gasteiger partial charge in [-0.3, -0.25) is 4.55 Å². The maximum absolute atomic E-state index is 12.9. The zero-order valence-electron chi connectivity index (χ0n) is 18.1. The molecule has 2 amide bonds. The molecule has 0 heterocycles. The molecule has 0 aliphatic rings.